The average molecular weight is 537 g/mol. The van der Waals surface area contributed by atoms with E-state index in [1.165, 1.54) is 42.8 Å². The molecule has 2 saturated carbocycles. The van der Waals surface area contributed by atoms with E-state index in [1.807, 2.05) is 6.08 Å². The standard InChI is InChI=1S/C27H40N2O7S/c1-34-23-10-12-24(13-11-23)37(32,33)29(14-16-30)15-17-35-26-19-21(20-6-3-2-4-7-20)18-25(36-26)27(31)28-22-8-5-9-22/h10-13,18,20-22,26,30H,2-9,14-17,19H2,1H3,(H,28,31)/t21-,26+/m0/s1. The van der Waals surface area contributed by atoms with Crippen LogP contribution in [0.25, 0.3) is 0 Å². The molecule has 2 N–H and O–H groups in total. The molecule has 1 heterocycles. The first kappa shape index (κ1) is 27.9. The van der Waals surface area contributed by atoms with Crippen LogP contribution in [0.4, 0.5) is 0 Å². The lowest BCUT2D eigenvalue weighted by atomic mass is 9.77. The fourth-order valence-corrected chi connectivity index (χ4v) is 6.71. The Labute approximate surface area is 220 Å². The average Bonchev–Trinajstić information content (AvgIpc) is 2.90. The number of hydrogen-bond acceptors (Lipinski definition) is 7. The highest BCUT2D eigenvalue weighted by Crippen LogP contribution is 2.37. The summed E-state index contributed by atoms with van der Waals surface area (Å²) >= 11 is 0. The highest BCUT2D eigenvalue weighted by molar-refractivity contribution is 7.89. The van der Waals surface area contributed by atoms with Crippen LogP contribution in [0.3, 0.4) is 0 Å². The minimum absolute atomic E-state index is 0.0518. The van der Waals surface area contributed by atoms with Crippen LogP contribution in [0, 0.1) is 11.8 Å². The Hall–Kier alpha value is -2.14. The summed E-state index contributed by atoms with van der Waals surface area (Å²) in [5.74, 6) is 1.37. The molecule has 2 fully saturated rings. The molecule has 2 aliphatic carbocycles. The predicted molar refractivity (Wildman–Crippen MR) is 138 cm³/mol. The van der Waals surface area contributed by atoms with E-state index >= 15 is 0 Å². The number of allylic oxidation sites excluding steroid dienone is 1. The van der Waals surface area contributed by atoms with Gasteiger partial charge in [0.05, 0.1) is 25.2 Å². The number of amides is 1. The number of carbonyl (C=O) groups is 1. The lowest BCUT2D eigenvalue weighted by Crippen LogP contribution is -2.43. The van der Waals surface area contributed by atoms with Gasteiger partial charge in [0.2, 0.25) is 16.3 Å². The number of ether oxygens (including phenoxy) is 3. The summed E-state index contributed by atoms with van der Waals surface area (Å²) in [6, 6.07) is 6.35. The first-order chi connectivity index (χ1) is 17.9. The van der Waals surface area contributed by atoms with E-state index in [1.54, 1.807) is 12.1 Å². The van der Waals surface area contributed by atoms with Gasteiger partial charge in [-0.3, -0.25) is 4.79 Å². The van der Waals surface area contributed by atoms with Gasteiger partial charge in [0, 0.05) is 25.6 Å². The normalized spacial score (nSPS) is 23.2. The molecular weight excluding hydrogens is 496 g/mol. The number of benzene rings is 1. The quantitative estimate of drug-likeness (QED) is 0.422. The molecule has 0 unspecified atom stereocenters. The van der Waals surface area contributed by atoms with Crippen LogP contribution in [0.15, 0.2) is 41.0 Å². The van der Waals surface area contributed by atoms with Crippen molar-refractivity contribution in [2.75, 3.05) is 33.4 Å². The molecule has 1 aliphatic heterocycles. The molecule has 1 amide bonds. The Bertz CT molecular complexity index is 1020. The van der Waals surface area contributed by atoms with E-state index in [0.29, 0.717) is 23.8 Å². The van der Waals surface area contributed by atoms with E-state index < -0.39 is 16.3 Å². The van der Waals surface area contributed by atoms with Crippen LogP contribution < -0.4 is 10.1 Å². The third-order valence-electron chi connectivity index (χ3n) is 7.70. The number of nitrogens with one attached hydrogen (secondary N) is 1. The third-order valence-corrected chi connectivity index (χ3v) is 9.61. The number of nitrogens with zero attached hydrogens (tertiary/aromatic N) is 1. The van der Waals surface area contributed by atoms with Gasteiger partial charge in [0.1, 0.15) is 5.75 Å². The Morgan fingerprint density at radius 1 is 1.08 bits per heavy atom. The lowest BCUT2D eigenvalue weighted by molar-refractivity contribution is -0.152. The molecule has 0 bridgehead atoms. The molecule has 37 heavy (non-hydrogen) atoms. The van der Waals surface area contributed by atoms with E-state index in [4.69, 9.17) is 14.2 Å². The summed E-state index contributed by atoms with van der Waals surface area (Å²) in [5, 5.41) is 12.6. The maximum absolute atomic E-state index is 13.2. The van der Waals surface area contributed by atoms with Crippen molar-refractivity contribution in [1.82, 2.24) is 9.62 Å². The predicted octanol–water partition coefficient (Wildman–Crippen LogP) is 3.19. The Morgan fingerprint density at radius 2 is 1.81 bits per heavy atom. The largest absolute Gasteiger partial charge is 0.497 e. The molecular formula is C27H40N2O7S. The van der Waals surface area contributed by atoms with Crippen LogP contribution in [0.5, 0.6) is 5.75 Å². The van der Waals surface area contributed by atoms with Crippen LogP contribution in [-0.4, -0.2) is 69.5 Å². The summed E-state index contributed by atoms with van der Waals surface area (Å²) in [6.07, 6.45) is 11.0. The van der Waals surface area contributed by atoms with Crippen LogP contribution in [0.1, 0.15) is 57.8 Å². The van der Waals surface area contributed by atoms with Gasteiger partial charge in [-0.2, -0.15) is 4.31 Å². The van der Waals surface area contributed by atoms with Gasteiger partial charge in [-0.05, 0) is 74.3 Å². The SMILES string of the molecule is COc1ccc(S(=O)(=O)N(CCO)CCO[C@H]2C[C@@H](C3CCCCC3)C=C(C(=O)NC3CCC3)O2)cc1. The summed E-state index contributed by atoms with van der Waals surface area (Å²) < 4.78 is 44.6. The number of carbonyl (C=O) groups excluding carboxylic acids is 1. The molecule has 9 nitrogen and oxygen atoms in total. The van der Waals surface area contributed by atoms with Crippen molar-refractivity contribution in [2.45, 2.75) is 75.0 Å². The number of rotatable bonds is 12. The first-order valence-electron chi connectivity index (χ1n) is 13.5. The lowest BCUT2D eigenvalue weighted by Gasteiger charge is -2.36. The smallest absolute Gasteiger partial charge is 0.286 e. The zero-order chi connectivity index (χ0) is 26.3. The Morgan fingerprint density at radius 3 is 2.43 bits per heavy atom. The maximum Gasteiger partial charge on any atom is 0.286 e. The molecule has 2 atom stereocenters. The number of aliphatic hydroxyl groups is 1. The highest BCUT2D eigenvalue weighted by Gasteiger charge is 2.34. The van der Waals surface area contributed by atoms with Gasteiger partial charge in [-0.1, -0.05) is 19.3 Å². The van der Waals surface area contributed by atoms with Gasteiger partial charge >= 0.3 is 0 Å². The molecule has 0 aromatic heterocycles. The number of methoxy groups -OCH3 is 1. The molecule has 1 aromatic carbocycles. The van der Waals surface area contributed by atoms with Crippen molar-refractivity contribution in [1.29, 1.82) is 0 Å². The second kappa shape index (κ2) is 13.1. The molecule has 10 heteroatoms. The van der Waals surface area contributed by atoms with Gasteiger partial charge in [0.25, 0.3) is 5.91 Å². The van der Waals surface area contributed by atoms with E-state index in [2.05, 4.69) is 5.32 Å². The van der Waals surface area contributed by atoms with E-state index in [-0.39, 0.29) is 49.1 Å². The van der Waals surface area contributed by atoms with Crippen molar-refractivity contribution in [3.63, 3.8) is 0 Å². The Kier molecular flexibility index (Phi) is 9.86. The second-order valence-corrected chi connectivity index (χ2v) is 12.1. The fourth-order valence-electron chi connectivity index (χ4n) is 5.29. The van der Waals surface area contributed by atoms with Gasteiger partial charge in [-0.15, -0.1) is 0 Å². The maximum atomic E-state index is 13.2. The van der Waals surface area contributed by atoms with Crippen LogP contribution >= 0.6 is 0 Å². The van der Waals surface area contributed by atoms with Crippen molar-refractivity contribution < 1.29 is 32.5 Å². The summed E-state index contributed by atoms with van der Waals surface area (Å²) in [7, 11) is -2.32. The number of hydrogen-bond donors (Lipinski definition) is 2. The zero-order valence-electron chi connectivity index (χ0n) is 21.6. The number of aliphatic hydroxyl groups excluding tert-OH is 1. The molecule has 0 spiro atoms. The van der Waals surface area contributed by atoms with Crippen LogP contribution in [-0.2, 0) is 24.3 Å². The third kappa shape index (κ3) is 7.25. The first-order valence-corrected chi connectivity index (χ1v) is 14.9. The van der Waals surface area contributed by atoms with Crippen molar-refractivity contribution >= 4 is 15.9 Å². The topological polar surface area (TPSA) is 114 Å². The fraction of sp³-hybridized carbons (Fsp3) is 0.667. The summed E-state index contributed by atoms with van der Waals surface area (Å²) in [6.45, 7) is -0.235. The molecule has 0 radical (unpaired) electrons. The van der Waals surface area contributed by atoms with Crippen molar-refractivity contribution in [2.24, 2.45) is 11.8 Å². The van der Waals surface area contributed by atoms with Gasteiger partial charge in [0.15, 0.2) is 5.76 Å². The minimum atomic E-state index is -3.83. The minimum Gasteiger partial charge on any atom is -0.497 e. The monoisotopic (exact) mass is 536 g/mol. The second-order valence-electron chi connectivity index (χ2n) is 10.2. The van der Waals surface area contributed by atoms with Crippen molar-refractivity contribution in [3.05, 3.63) is 36.1 Å². The van der Waals surface area contributed by atoms with Crippen molar-refractivity contribution in [3.8, 4) is 5.75 Å². The van der Waals surface area contributed by atoms with Gasteiger partial charge < -0.3 is 24.6 Å². The van der Waals surface area contributed by atoms with E-state index in [9.17, 15) is 18.3 Å². The highest BCUT2D eigenvalue weighted by atomic mass is 32.2. The summed E-state index contributed by atoms with van der Waals surface area (Å²) in [4.78, 5) is 13.0. The molecule has 206 valence electrons. The van der Waals surface area contributed by atoms with E-state index in [0.717, 1.165) is 32.1 Å². The Balaban J connectivity index is 1.39. The van der Waals surface area contributed by atoms with Crippen LogP contribution in [0.2, 0.25) is 0 Å². The molecule has 0 saturated heterocycles. The number of sulfonamides is 1. The molecule has 1 aromatic rings. The van der Waals surface area contributed by atoms with Gasteiger partial charge in [-0.25, -0.2) is 8.42 Å². The summed E-state index contributed by atoms with van der Waals surface area (Å²) in [5.41, 5.74) is 0. The zero-order valence-corrected chi connectivity index (χ0v) is 22.5. The molecule has 3 aliphatic rings. The molecule has 4 rings (SSSR count).